The third-order valence-electron chi connectivity index (χ3n) is 5.25. The Hall–Kier alpha value is -1.49. The Bertz CT molecular complexity index is 924. The molecule has 0 radical (unpaired) electrons. The summed E-state index contributed by atoms with van der Waals surface area (Å²) < 4.78 is 33.1. The second-order valence-corrected chi connectivity index (χ2v) is 9.59. The fourth-order valence-electron chi connectivity index (χ4n) is 3.72. The number of hydrogen-bond donors (Lipinski definition) is 0. The molecule has 0 aromatic carbocycles. The van der Waals surface area contributed by atoms with Gasteiger partial charge >= 0.3 is 0 Å². The van der Waals surface area contributed by atoms with Gasteiger partial charge in [0.2, 0.25) is 0 Å². The first-order valence-corrected chi connectivity index (χ1v) is 11.0. The van der Waals surface area contributed by atoms with Gasteiger partial charge in [-0.05, 0) is 30.8 Å². The second-order valence-electron chi connectivity index (χ2n) is 6.99. The van der Waals surface area contributed by atoms with Crippen molar-refractivity contribution in [1.82, 2.24) is 24.1 Å². The van der Waals surface area contributed by atoms with Gasteiger partial charge in [-0.15, -0.1) is 5.10 Å². The summed E-state index contributed by atoms with van der Waals surface area (Å²) in [5, 5.41) is 4.61. The lowest BCUT2D eigenvalue weighted by atomic mass is 10.2. The Kier molecular flexibility index (Phi) is 4.76. The van der Waals surface area contributed by atoms with E-state index < -0.39 is 9.84 Å². The normalized spacial score (nSPS) is 24.3. The van der Waals surface area contributed by atoms with Gasteiger partial charge in [-0.25, -0.2) is 13.1 Å². The predicted molar refractivity (Wildman–Crippen MR) is 99.9 cm³/mol. The van der Waals surface area contributed by atoms with Crippen LogP contribution >= 0.6 is 12.2 Å². The number of rotatable bonds is 4. The van der Waals surface area contributed by atoms with Gasteiger partial charge in [-0.2, -0.15) is 0 Å². The number of aromatic nitrogens is 3. The van der Waals surface area contributed by atoms with E-state index in [0.29, 0.717) is 28.7 Å². The zero-order chi connectivity index (χ0) is 18.3. The fourth-order valence-corrected chi connectivity index (χ4v) is 5.67. The van der Waals surface area contributed by atoms with Crippen LogP contribution in [0.5, 0.6) is 0 Å². The Balaban J connectivity index is 1.39. The van der Waals surface area contributed by atoms with E-state index in [0.717, 1.165) is 38.4 Å². The van der Waals surface area contributed by atoms with Crippen molar-refractivity contribution in [2.45, 2.75) is 19.1 Å². The first-order chi connectivity index (χ1) is 12.4. The molecule has 10 heteroatoms. The van der Waals surface area contributed by atoms with Gasteiger partial charge in [0.15, 0.2) is 26.2 Å². The van der Waals surface area contributed by atoms with E-state index >= 15 is 0 Å². The highest BCUT2D eigenvalue weighted by molar-refractivity contribution is 7.91. The number of piperazine rings is 1. The topological polar surface area (TPSA) is 76.5 Å². The zero-order valence-electron chi connectivity index (χ0n) is 14.7. The SMILES string of the molecule is Cn1c(-c2ccco2)nn(CN2CCN(C3CCS(=O)(=O)C3)CC2)c1=S. The van der Waals surface area contributed by atoms with Crippen molar-refractivity contribution in [3.8, 4) is 11.6 Å². The quantitative estimate of drug-likeness (QED) is 0.712. The smallest absolute Gasteiger partial charge is 0.199 e. The Labute approximate surface area is 157 Å². The standard InChI is InChI=1S/C16H23N5O3S2/c1-18-15(14-3-2-9-24-14)17-21(16(18)25)12-19-5-7-20(8-6-19)13-4-10-26(22,23)11-13/h2-3,9,13H,4-8,10-12H2,1H3. The van der Waals surface area contributed by atoms with E-state index in [1.807, 2.05) is 28.4 Å². The number of sulfone groups is 1. The molecule has 0 amide bonds. The van der Waals surface area contributed by atoms with Gasteiger partial charge < -0.3 is 8.98 Å². The molecule has 2 aliphatic heterocycles. The van der Waals surface area contributed by atoms with E-state index in [4.69, 9.17) is 16.6 Å². The van der Waals surface area contributed by atoms with Crippen molar-refractivity contribution in [3.05, 3.63) is 23.2 Å². The Morgan fingerprint density at radius 2 is 2.08 bits per heavy atom. The van der Waals surface area contributed by atoms with Crippen molar-refractivity contribution < 1.29 is 12.8 Å². The largest absolute Gasteiger partial charge is 0.461 e. The number of nitrogens with zero attached hydrogens (tertiary/aromatic N) is 5. The van der Waals surface area contributed by atoms with E-state index in [1.54, 1.807) is 6.26 Å². The monoisotopic (exact) mass is 397 g/mol. The summed E-state index contributed by atoms with van der Waals surface area (Å²) in [6, 6.07) is 3.89. The maximum atomic E-state index is 11.7. The molecule has 1 unspecified atom stereocenters. The summed E-state index contributed by atoms with van der Waals surface area (Å²) in [7, 11) is -0.940. The molecule has 4 heterocycles. The van der Waals surface area contributed by atoms with Crippen molar-refractivity contribution >= 4 is 22.1 Å². The first kappa shape index (κ1) is 17.9. The molecule has 0 spiro atoms. The van der Waals surface area contributed by atoms with Crippen LogP contribution < -0.4 is 0 Å². The summed E-state index contributed by atoms with van der Waals surface area (Å²) in [6.07, 6.45) is 2.39. The average molecular weight is 398 g/mol. The highest BCUT2D eigenvalue weighted by Gasteiger charge is 2.33. The van der Waals surface area contributed by atoms with Crippen LogP contribution in [0.4, 0.5) is 0 Å². The average Bonchev–Trinajstić information content (AvgIpc) is 3.32. The van der Waals surface area contributed by atoms with Gasteiger partial charge in [0, 0.05) is 39.3 Å². The van der Waals surface area contributed by atoms with Gasteiger partial charge in [0.05, 0.1) is 24.4 Å². The van der Waals surface area contributed by atoms with Crippen molar-refractivity contribution in [2.75, 3.05) is 37.7 Å². The molecule has 2 aliphatic rings. The van der Waals surface area contributed by atoms with Crippen LogP contribution in [0.3, 0.4) is 0 Å². The minimum Gasteiger partial charge on any atom is -0.461 e. The highest BCUT2D eigenvalue weighted by Crippen LogP contribution is 2.20. The van der Waals surface area contributed by atoms with Crippen LogP contribution in [0.25, 0.3) is 11.6 Å². The molecule has 0 saturated carbocycles. The molecule has 2 aromatic rings. The molecular weight excluding hydrogens is 374 g/mol. The fraction of sp³-hybridized carbons (Fsp3) is 0.625. The molecule has 4 rings (SSSR count). The molecule has 142 valence electrons. The van der Waals surface area contributed by atoms with Crippen LogP contribution in [0.15, 0.2) is 22.8 Å². The van der Waals surface area contributed by atoms with Crippen LogP contribution in [0.2, 0.25) is 0 Å². The minimum atomic E-state index is -2.83. The maximum absolute atomic E-state index is 11.7. The van der Waals surface area contributed by atoms with Crippen LogP contribution in [-0.2, 0) is 23.6 Å². The van der Waals surface area contributed by atoms with Crippen molar-refractivity contribution in [2.24, 2.45) is 7.05 Å². The van der Waals surface area contributed by atoms with Gasteiger partial charge in [0.25, 0.3) is 0 Å². The second kappa shape index (κ2) is 6.91. The van der Waals surface area contributed by atoms with Crippen LogP contribution in [0, 0.1) is 4.77 Å². The highest BCUT2D eigenvalue weighted by atomic mass is 32.2. The van der Waals surface area contributed by atoms with Crippen LogP contribution in [-0.4, -0.2) is 76.3 Å². The van der Waals surface area contributed by atoms with E-state index in [9.17, 15) is 8.42 Å². The molecule has 1 atom stereocenters. The van der Waals surface area contributed by atoms with Crippen LogP contribution in [0.1, 0.15) is 6.42 Å². The Morgan fingerprint density at radius 1 is 1.31 bits per heavy atom. The molecule has 2 fully saturated rings. The number of hydrogen-bond acceptors (Lipinski definition) is 7. The summed E-state index contributed by atoms with van der Waals surface area (Å²) in [4.78, 5) is 4.61. The zero-order valence-corrected chi connectivity index (χ0v) is 16.4. The minimum absolute atomic E-state index is 0.185. The maximum Gasteiger partial charge on any atom is 0.199 e. The number of furan rings is 1. The lowest BCUT2D eigenvalue weighted by Gasteiger charge is -2.37. The third kappa shape index (κ3) is 3.51. The summed E-state index contributed by atoms with van der Waals surface area (Å²) in [6.45, 7) is 4.15. The molecule has 0 N–H and O–H groups in total. The van der Waals surface area contributed by atoms with Gasteiger partial charge in [-0.3, -0.25) is 9.80 Å². The van der Waals surface area contributed by atoms with Gasteiger partial charge in [-0.1, -0.05) is 0 Å². The molecule has 2 aromatic heterocycles. The summed E-state index contributed by atoms with van der Waals surface area (Å²) in [5.74, 6) is 2.06. The van der Waals surface area contributed by atoms with E-state index in [1.165, 1.54) is 0 Å². The predicted octanol–water partition coefficient (Wildman–Crippen LogP) is 0.973. The summed E-state index contributed by atoms with van der Waals surface area (Å²) >= 11 is 5.51. The van der Waals surface area contributed by atoms with Crippen molar-refractivity contribution in [3.63, 3.8) is 0 Å². The van der Waals surface area contributed by atoms with E-state index in [2.05, 4.69) is 14.9 Å². The molecule has 8 nitrogen and oxygen atoms in total. The third-order valence-corrected chi connectivity index (χ3v) is 7.48. The lowest BCUT2D eigenvalue weighted by molar-refractivity contribution is 0.0808. The summed E-state index contributed by atoms with van der Waals surface area (Å²) in [5.41, 5.74) is 0. The molecule has 2 saturated heterocycles. The van der Waals surface area contributed by atoms with Gasteiger partial charge in [0.1, 0.15) is 0 Å². The Morgan fingerprint density at radius 3 is 2.69 bits per heavy atom. The lowest BCUT2D eigenvalue weighted by Crippen LogP contribution is -2.50. The van der Waals surface area contributed by atoms with Crippen molar-refractivity contribution in [1.29, 1.82) is 0 Å². The molecular formula is C16H23N5O3S2. The molecule has 26 heavy (non-hydrogen) atoms. The van der Waals surface area contributed by atoms with E-state index in [-0.39, 0.29) is 6.04 Å². The first-order valence-electron chi connectivity index (χ1n) is 8.77. The molecule has 0 bridgehead atoms. The molecule has 0 aliphatic carbocycles.